The van der Waals surface area contributed by atoms with Gasteiger partial charge >= 0.3 is 11.9 Å². The van der Waals surface area contributed by atoms with Crippen LogP contribution >= 0.6 is 0 Å². The summed E-state index contributed by atoms with van der Waals surface area (Å²) in [6, 6.07) is 12.3. The van der Waals surface area contributed by atoms with Crippen molar-refractivity contribution in [2.24, 2.45) is 0 Å². The molecule has 2 aromatic carbocycles. The van der Waals surface area contributed by atoms with Crippen LogP contribution in [0.15, 0.2) is 42.5 Å². The number of carbonyl (C=O) groups is 4. The number of carboxylic acids is 1. The Morgan fingerprint density at radius 3 is 2.55 bits per heavy atom. The van der Waals surface area contributed by atoms with Crippen LogP contribution in [0.1, 0.15) is 33.3 Å². The summed E-state index contributed by atoms with van der Waals surface area (Å²) in [6.45, 7) is 0.740. The molecule has 4 N–H and O–H groups in total. The van der Waals surface area contributed by atoms with Crippen LogP contribution in [0.5, 0.6) is 0 Å². The van der Waals surface area contributed by atoms with Gasteiger partial charge in [0.2, 0.25) is 0 Å². The fraction of sp³-hybridized carbons (Fsp3) is 0.0952. The number of aromatic amines is 1. The second kappa shape index (κ2) is 8.79. The van der Waals surface area contributed by atoms with Crippen LogP contribution < -0.4 is 10.6 Å². The molecular formula is C21H16N4O6. The molecule has 1 aromatic heterocycles. The number of para-hydroxylation sites is 1. The molecule has 0 saturated heterocycles. The molecule has 1 heterocycles. The van der Waals surface area contributed by atoms with Crippen LogP contribution in [0.2, 0.25) is 0 Å². The minimum atomic E-state index is -1.29. The third-order valence-corrected chi connectivity index (χ3v) is 4.21. The van der Waals surface area contributed by atoms with Crippen LogP contribution in [0.3, 0.4) is 0 Å². The van der Waals surface area contributed by atoms with Crippen LogP contribution in [-0.4, -0.2) is 40.5 Å². The van der Waals surface area contributed by atoms with Gasteiger partial charge in [-0.3, -0.25) is 14.4 Å². The number of nitrogens with one attached hydrogen (secondary N) is 3. The number of nitrogens with zero attached hydrogens (tertiary/aromatic N) is 1. The summed E-state index contributed by atoms with van der Waals surface area (Å²) in [4.78, 5) is 49.8. The average Bonchev–Trinajstić information content (AvgIpc) is 3.18. The zero-order valence-electron chi connectivity index (χ0n) is 16.2. The van der Waals surface area contributed by atoms with E-state index in [-0.39, 0.29) is 22.5 Å². The van der Waals surface area contributed by atoms with Gasteiger partial charge in [-0.25, -0.2) is 4.79 Å². The van der Waals surface area contributed by atoms with Gasteiger partial charge in [0.15, 0.2) is 6.61 Å². The number of ether oxygens (including phenoxy) is 1. The summed E-state index contributed by atoms with van der Waals surface area (Å²) in [5, 5.41) is 24.0. The predicted octanol–water partition coefficient (Wildman–Crippen LogP) is 2.49. The summed E-state index contributed by atoms with van der Waals surface area (Å²) < 4.78 is 4.65. The number of hydrogen-bond acceptors (Lipinski definition) is 6. The Morgan fingerprint density at radius 1 is 1.10 bits per heavy atom. The highest BCUT2D eigenvalue weighted by atomic mass is 16.5. The Kier molecular flexibility index (Phi) is 5.97. The second-order valence-corrected chi connectivity index (χ2v) is 6.41. The Morgan fingerprint density at radius 2 is 1.87 bits per heavy atom. The highest BCUT2D eigenvalue weighted by Gasteiger charge is 2.17. The number of amides is 2. The van der Waals surface area contributed by atoms with Crippen molar-refractivity contribution in [2.45, 2.75) is 6.92 Å². The summed E-state index contributed by atoms with van der Waals surface area (Å²) in [6.07, 6.45) is 0. The first-order valence-electron chi connectivity index (χ1n) is 8.92. The summed E-state index contributed by atoms with van der Waals surface area (Å²) >= 11 is 0. The Hall–Kier alpha value is -4.65. The quantitative estimate of drug-likeness (QED) is 0.445. The monoisotopic (exact) mass is 420 g/mol. The molecule has 2 amide bonds. The van der Waals surface area contributed by atoms with Crippen molar-refractivity contribution in [1.29, 1.82) is 5.26 Å². The van der Waals surface area contributed by atoms with Crippen molar-refractivity contribution in [3.8, 4) is 6.07 Å². The van der Waals surface area contributed by atoms with E-state index in [1.54, 1.807) is 18.2 Å². The maximum atomic E-state index is 12.7. The van der Waals surface area contributed by atoms with Crippen molar-refractivity contribution in [3.05, 3.63) is 59.3 Å². The molecule has 0 aliphatic carbocycles. The van der Waals surface area contributed by atoms with Gasteiger partial charge in [0.25, 0.3) is 11.8 Å². The van der Waals surface area contributed by atoms with Gasteiger partial charge in [-0.05, 0) is 30.3 Å². The van der Waals surface area contributed by atoms with Gasteiger partial charge < -0.3 is 25.5 Å². The SMILES string of the molecule is CC(=O)OCC(=O)Nc1cccc2cc(C(=O)Nc3ccc(C#N)cc3C(=O)O)[nH]c12. The van der Waals surface area contributed by atoms with Crippen molar-refractivity contribution < 1.29 is 29.0 Å². The van der Waals surface area contributed by atoms with Gasteiger partial charge in [-0.2, -0.15) is 5.26 Å². The number of rotatable bonds is 6. The molecule has 156 valence electrons. The maximum absolute atomic E-state index is 12.7. The van der Waals surface area contributed by atoms with Gasteiger partial charge in [-0.15, -0.1) is 0 Å². The van der Waals surface area contributed by atoms with Crippen LogP contribution in [0.4, 0.5) is 11.4 Å². The molecule has 0 radical (unpaired) electrons. The van der Waals surface area contributed by atoms with E-state index >= 15 is 0 Å². The second-order valence-electron chi connectivity index (χ2n) is 6.41. The van der Waals surface area contributed by atoms with Gasteiger partial charge in [0.1, 0.15) is 5.69 Å². The van der Waals surface area contributed by atoms with Gasteiger partial charge in [0, 0.05) is 12.3 Å². The molecule has 0 spiro atoms. The molecule has 0 atom stereocenters. The summed E-state index contributed by atoms with van der Waals surface area (Å²) in [7, 11) is 0. The number of benzene rings is 2. The van der Waals surface area contributed by atoms with Crippen LogP contribution in [0, 0.1) is 11.3 Å². The zero-order valence-corrected chi connectivity index (χ0v) is 16.2. The number of nitriles is 1. The lowest BCUT2D eigenvalue weighted by atomic mass is 10.1. The smallest absolute Gasteiger partial charge is 0.337 e. The largest absolute Gasteiger partial charge is 0.478 e. The lowest BCUT2D eigenvalue weighted by Gasteiger charge is -2.08. The molecule has 0 fully saturated rings. The van der Waals surface area contributed by atoms with Crippen molar-refractivity contribution >= 4 is 46.0 Å². The Balaban J connectivity index is 1.85. The van der Waals surface area contributed by atoms with E-state index in [9.17, 15) is 24.3 Å². The summed E-state index contributed by atoms with van der Waals surface area (Å²) in [5.41, 5.74) is 0.917. The third kappa shape index (κ3) is 4.86. The number of aromatic nitrogens is 1. The highest BCUT2D eigenvalue weighted by molar-refractivity contribution is 6.10. The van der Waals surface area contributed by atoms with E-state index in [2.05, 4.69) is 20.4 Å². The van der Waals surface area contributed by atoms with Crippen molar-refractivity contribution in [3.63, 3.8) is 0 Å². The number of aromatic carboxylic acids is 1. The highest BCUT2D eigenvalue weighted by Crippen LogP contribution is 2.25. The first kappa shape index (κ1) is 21.1. The minimum Gasteiger partial charge on any atom is -0.478 e. The first-order chi connectivity index (χ1) is 14.8. The molecule has 10 nitrogen and oxygen atoms in total. The third-order valence-electron chi connectivity index (χ3n) is 4.21. The zero-order chi connectivity index (χ0) is 22.5. The van der Waals surface area contributed by atoms with E-state index in [0.717, 1.165) is 0 Å². The molecule has 0 bridgehead atoms. The normalized spacial score (nSPS) is 10.2. The molecule has 0 aliphatic heterocycles. The van der Waals surface area contributed by atoms with E-state index in [1.165, 1.54) is 31.2 Å². The number of fused-ring (bicyclic) bond motifs is 1. The molecule has 3 rings (SSSR count). The van der Waals surface area contributed by atoms with Gasteiger partial charge in [0.05, 0.1) is 34.1 Å². The molecule has 0 saturated carbocycles. The summed E-state index contributed by atoms with van der Waals surface area (Å²) in [5.74, 6) is -3.04. The fourth-order valence-electron chi connectivity index (χ4n) is 2.83. The van der Waals surface area contributed by atoms with E-state index in [0.29, 0.717) is 16.6 Å². The Labute approximate surface area is 175 Å². The minimum absolute atomic E-state index is 0.0325. The Bertz CT molecular complexity index is 1250. The molecule has 0 unspecified atom stereocenters. The van der Waals surface area contributed by atoms with E-state index < -0.39 is 30.4 Å². The molecule has 3 aromatic rings. The average molecular weight is 420 g/mol. The number of carboxylic acid groups (broad SMARTS) is 1. The standard InChI is InChI=1S/C21H16N4O6/c1-11(26)31-10-18(27)23-16-4-2-3-13-8-17(24-19(13)16)20(28)25-15-6-5-12(9-22)7-14(15)21(29)30/h2-8,24H,10H2,1H3,(H,23,27)(H,25,28)(H,29,30). The first-order valence-corrected chi connectivity index (χ1v) is 8.92. The van der Waals surface area contributed by atoms with Crippen molar-refractivity contribution in [1.82, 2.24) is 4.98 Å². The topological polar surface area (TPSA) is 161 Å². The number of anilines is 2. The molecule has 0 aliphatic rings. The molecular weight excluding hydrogens is 404 g/mol. The van der Waals surface area contributed by atoms with Gasteiger partial charge in [-0.1, -0.05) is 12.1 Å². The number of H-pyrrole nitrogens is 1. The lowest BCUT2D eigenvalue weighted by Crippen LogP contribution is -2.20. The number of hydrogen-bond donors (Lipinski definition) is 4. The lowest BCUT2D eigenvalue weighted by molar-refractivity contribution is -0.144. The molecule has 31 heavy (non-hydrogen) atoms. The predicted molar refractivity (Wildman–Crippen MR) is 110 cm³/mol. The number of esters is 1. The fourth-order valence-corrected chi connectivity index (χ4v) is 2.83. The van der Waals surface area contributed by atoms with E-state index in [1.807, 2.05) is 6.07 Å². The molecule has 10 heteroatoms. The van der Waals surface area contributed by atoms with Crippen molar-refractivity contribution in [2.75, 3.05) is 17.2 Å². The van der Waals surface area contributed by atoms with Crippen LogP contribution in [-0.2, 0) is 14.3 Å². The van der Waals surface area contributed by atoms with Crippen LogP contribution in [0.25, 0.3) is 10.9 Å². The maximum Gasteiger partial charge on any atom is 0.337 e. The van der Waals surface area contributed by atoms with E-state index in [4.69, 9.17) is 5.26 Å². The number of carbonyl (C=O) groups excluding carboxylic acids is 3.